The van der Waals surface area contributed by atoms with Gasteiger partial charge in [0.25, 0.3) is 0 Å². The van der Waals surface area contributed by atoms with Crippen LogP contribution >= 0.6 is 0 Å². The highest BCUT2D eigenvalue weighted by atomic mass is 16.2. The first kappa shape index (κ1) is 22.0. The van der Waals surface area contributed by atoms with Gasteiger partial charge in [0.1, 0.15) is 0 Å². The summed E-state index contributed by atoms with van der Waals surface area (Å²) < 4.78 is 0. The fraction of sp³-hybridized carbons (Fsp3) is 0.500. The molecule has 2 aliphatic heterocycles. The number of fused-ring (bicyclic) bond motifs is 3. The zero-order valence-corrected chi connectivity index (χ0v) is 19.7. The Labute approximate surface area is 196 Å². The molecule has 5 atom stereocenters. The van der Waals surface area contributed by atoms with Crippen LogP contribution in [0, 0.1) is 17.8 Å². The van der Waals surface area contributed by atoms with E-state index in [0.29, 0.717) is 5.92 Å². The van der Waals surface area contributed by atoms with Crippen molar-refractivity contribution in [3.05, 3.63) is 65.7 Å². The van der Waals surface area contributed by atoms with Crippen molar-refractivity contribution in [1.29, 1.82) is 0 Å². The van der Waals surface area contributed by atoms with Gasteiger partial charge in [0.05, 0.1) is 18.0 Å². The van der Waals surface area contributed by atoms with Crippen molar-refractivity contribution >= 4 is 17.5 Å². The number of hydrogen-bond donors (Lipinski definition) is 2. The van der Waals surface area contributed by atoms with Gasteiger partial charge in [-0.3, -0.25) is 9.59 Å². The SMILES string of the molecule is CC(C)C(=O)N[C@@H]1CCCC[C@@H]1C(=O)N1CC[C@@H]2[C@H](c3ccccc3)Nc3ccccc3[C@@H]21. The number of para-hydroxylation sites is 1. The van der Waals surface area contributed by atoms with Crippen molar-refractivity contribution < 1.29 is 9.59 Å². The van der Waals surface area contributed by atoms with Crippen LogP contribution in [-0.4, -0.2) is 29.3 Å². The zero-order valence-electron chi connectivity index (χ0n) is 19.7. The molecule has 1 saturated carbocycles. The van der Waals surface area contributed by atoms with E-state index in [1.54, 1.807) is 0 Å². The van der Waals surface area contributed by atoms with Crippen LogP contribution in [0.15, 0.2) is 54.6 Å². The summed E-state index contributed by atoms with van der Waals surface area (Å²) in [4.78, 5) is 28.6. The lowest BCUT2D eigenvalue weighted by molar-refractivity contribution is -0.139. The molecule has 33 heavy (non-hydrogen) atoms. The maximum atomic E-state index is 14.0. The number of nitrogens with zero attached hydrogens (tertiary/aromatic N) is 1. The van der Waals surface area contributed by atoms with Gasteiger partial charge in [0.2, 0.25) is 11.8 Å². The lowest BCUT2D eigenvalue weighted by Gasteiger charge is -2.42. The molecule has 2 aromatic carbocycles. The van der Waals surface area contributed by atoms with E-state index in [2.05, 4.69) is 70.1 Å². The summed E-state index contributed by atoms with van der Waals surface area (Å²) in [7, 11) is 0. The van der Waals surface area contributed by atoms with Crippen LogP contribution in [0.4, 0.5) is 5.69 Å². The molecule has 0 bridgehead atoms. The van der Waals surface area contributed by atoms with Crippen LogP contribution in [0.1, 0.15) is 69.2 Å². The smallest absolute Gasteiger partial charge is 0.228 e. The molecular weight excluding hydrogens is 410 g/mol. The van der Waals surface area contributed by atoms with Crippen molar-refractivity contribution in [2.24, 2.45) is 17.8 Å². The van der Waals surface area contributed by atoms with Crippen LogP contribution in [0.5, 0.6) is 0 Å². The average Bonchev–Trinajstić information content (AvgIpc) is 3.29. The van der Waals surface area contributed by atoms with Gasteiger partial charge in [-0.1, -0.05) is 75.2 Å². The molecule has 1 aliphatic carbocycles. The molecule has 5 nitrogen and oxygen atoms in total. The molecule has 2 heterocycles. The highest BCUT2D eigenvalue weighted by molar-refractivity contribution is 5.83. The number of rotatable bonds is 4. The normalized spacial score (nSPS) is 28.6. The second-order valence-corrected chi connectivity index (χ2v) is 10.2. The predicted octanol–water partition coefficient (Wildman–Crippen LogP) is 5.07. The van der Waals surface area contributed by atoms with Gasteiger partial charge in [0, 0.05) is 30.1 Å². The summed E-state index contributed by atoms with van der Waals surface area (Å²) in [6.07, 6.45) is 4.85. The third kappa shape index (κ3) is 4.14. The van der Waals surface area contributed by atoms with E-state index < -0.39 is 0 Å². The topological polar surface area (TPSA) is 61.4 Å². The highest BCUT2D eigenvalue weighted by Crippen LogP contribution is 2.51. The molecule has 0 aromatic heterocycles. The number of benzene rings is 2. The maximum absolute atomic E-state index is 14.0. The molecule has 3 aliphatic rings. The van der Waals surface area contributed by atoms with Gasteiger partial charge in [-0.2, -0.15) is 0 Å². The molecule has 0 spiro atoms. The second-order valence-electron chi connectivity index (χ2n) is 10.2. The number of carbonyl (C=O) groups excluding carboxylic acids is 2. The fourth-order valence-electron chi connectivity index (χ4n) is 6.12. The first-order valence-electron chi connectivity index (χ1n) is 12.6. The van der Waals surface area contributed by atoms with Gasteiger partial charge in [0.15, 0.2) is 0 Å². The van der Waals surface area contributed by atoms with Crippen molar-refractivity contribution in [3.8, 4) is 0 Å². The quantitative estimate of drug-likeness (QED) is 0.690. The van der Waals surface area contributed by atoms with E-state index in [-0.39, 0.29) is 41.8 Å². The maximum Gasteiger partial charge on any atom is 0.228 e. The van der Waals surface area contributed by atoms with Crippen molar-refractivity contribution in [2.45, 2.75) is 64.1 Å². The Morgan fingerprint density at radius 2 is 1.70 bits per heavy atom. The molecule has 174 valence electrons. The molecule has 1 saturated heterocycles. The molecule has 0 radical (unpaired) electrons. The summed E-state index contributed by atoms with van der Waals surface area (Å²) in [6.45, 7) is 4.60. The zero-order chi connectivity index (χ0) is 22.9. The lowest BCUT2D eigenvalue weighted by atomic mass is 9.79. The molecule has 2 fully saturated rings. The van der Waals surface area contributed by atoms with E-state index in [0.717, 1.165) is 44.3 Å². The summed E-state index contributed by atoms with van der Waals surface area (Å²) in [5.74, 6) is 0.410. The summed E-state index contributed by atoms with van der Waals surface area (Å²) in [5, 5.41) is 6.98. The minimum Gasteiger partial charge on any atom is -0.378 e. The van der Waals surface area contributed by atoms with Crippen LogP contribution < -0.4 is 10.6 Å². The number of hydrogen-bond acceptors (Lipinski definition) is 3. The highest BCUT2D eigenvalue weighted by Gasteiger charge is 2.48. The first-order valence-corrected chi connectivity index (χ1v) is 12.6. The molecule has 5 heteroatoms. The molecule has 5 rings (SSSR count). The van der Waals surface area contributed by atoms with Crippen molar-refractivity contribution in [1.82, 2.24) is 10.2 Å². The van der Waals surface area contributed by atoms with Crippen molar-refractivity contribution in [2.75, 3.05) is 11.9 Å². The Morgan fingerprint density at radius 3 is 2.48 bits per heavy atom. The summed E-state index contributed by atoms with van der Waals surface area (Å²) in [5.41, 5.74) is 3.62. The standard InChI is InChI=1S/C28H35N3O2/c1-18(2)27(32)30-24-15-9-7-13-21(24)28(33)31-17-16-22-25(19-10-4-3-5-11-19)29-23-14-8-6-12-20(23)26(22)31/h3-6,8,10-12,14,18,21-22,24-26,29H,7,9,13,15-17H2,1-2H3,(H,30,32)/t21-,22+,24+,25-,26-/m0/s1. The minimum atomic E-state index is -0.127. The summed E-state index contributed by atoms with van der Waals surface area (Å²) in [6, 6.07) is 19.3. The van der Waals surface area contributed by atoms with Gasteiger partial charge in [-0.25, -0.2) is 0 Å². The van der Waals surface area contributed by atoms with Crippen LogP contribution in [0.3, 0.4) is 0 Å². The monoisotopic (exact) mass is 445 g/mol. The van der Waals surface area contributed by atoms with Crippen molar-refractivity contribution in [3.63, 3.8) is 0 Å². The lowest BCUT2D eigenvalue weighted by Crippen LogP contribution is -2.50. The Hall–Kier alpha value is -2.82. The van der Waals surface area contributed by atoms with E-state index in [1.807, 2.05) is 13.8 Å². The third-order valence-electron chi connectivity index (χ3n) is 7.84. The van der Waals surface area contributed by atoms with Gasteiger partial charge < -0.3 is 15.5 Å². The number of amides is 2. The predicted molar refractivity (Wildman–Crippen MR) is 131 cm³/mol. The number of likely N-dealkylation sites (tertiary alicyclic amines) is 1. The Balaban J connectivity index is 1.45. The number of nitrogens with one attached hydrogen (secondary N) is 2. The van der Waals surface area contributed by atoms with E-state index >= 15 is 0 Å². The van der Waals surface area contributed by atoms with E-state index in [1.165, 1.54) is 11.1 Å². The Morgan fingerprint density at radius 1 is 0.970 bits per heavy atom. The second kappa shape index (κ2) is 9.20. The number of anilines is 1. The molecule has 0 unspecified atom stereocenters. The third-order valence-corrected chi connectivity index (χ3v) is 7.84. The van der Waals surface area contributed by atoms with E-state index in [4.69, 9.17) is 0 Å². The van der Waals surface area contributed by atoms with Gasteiger partial charge >= 0.3 is 0 Å². The molecular formula is C28H35N3O2. The molecule has 2 N–H and O–H groups in total. The number of carbonyl (C=O) groups is 2. The Bertz CT molecular complexity index is 1010. The van der Waals surface area contributed by atoms with Gasteiger partial charge in [-0.15, -0.1) is 0 Å². The van der Waals surface area contributed by atoms with E-state index in [9.17, 15) is 9.59 Å². The largest absolute Gasteiger partial charge is 0.378 e. The Kier molecular flexibility index (Phi) is 6.13. The minimum absolute atomic E-state index is 0.0513. The molecule has 2 amide bonds. The first-order chi connectivity index (χ1) is 16.0. The molecule has 2 aromatic rings. The summed E-state index contributed by atoms with van der Waals surface area (Å²) >= 11 is 0. The van der Waals surface area contributed by atoms with Gasteiger partial charge in [-0.05, 0) is 36.5 Å². The fourth-order valence-corrected chi connectivity index (χ4v) is 6.12. The van der Waals surface area contributed by atoms with Crippen LogP contribution in [0.25, 0.3) is 0 Å². The van der Waals surface area contributed by atoms with Crippen LogP contribution in [-0.2, 0) is 9.59 Å². The van der Waals surface area contributed by atoms with Crippen LogP contribution in [0.2, 0.25) is 0 Å². The average molecular weight is 446 g/mol.